The largest absolute Gasteiger partial charge is 0.373 e. The summed E-state index contributed by atoms with van der Waals surface area (Å²) in [6, 6.07) is 12.5. The zero-order valence-corrected chi connectivity index (χ0v) is 19.5. The zero-order valence-electron chi connectivity index (χ0n) is 19.5. The summed E-state index contributed by atoms with van der Waals surface area (Å²) in [5.74, 6) is 0.867. The first kappa shape index (κ1) is 22.1. The lowest BCUT2D eigenvalue weighted by Gasteiger charge is -2.39. The minimum atomic E-state index is 0.194. The molecule has 2 fully saturated rings. The van der Waals surface area contributed by atoms with E-state index in [1.54, 1.807) is 0 Å². The summed E-state index contributed by atoms with van der Waals surface area (Å²) in [4.78, 5) is 17.9. The summed E-state index contributed by atoms with van der Waals surface area (Å²) in [5, 5.41) is 0. The molecule has 31 heavy (non-hydrogen) atoms. The number of carbonyl (C=O) groups excluding carboxylic acids is 1. The van der Waals surface area contributed by atoms with Gasteiger partial charge in [0.15, 0.2) is 0 Å². The maximum atomic E-state index is 13.3. The van der Waals surface area contributed by atoms with Gasteiger partial charge in [-0.3, -0.25) is 9.69 Å². The smallest absolute Gasteiger partial charge is 0.255 e. The Hall–Kier alpha value is -2.11. The lowest BCUT2D eigenvalue weighted by molar-refractivity contribution is -0.0728. The molecule has 2 atom stereocenters. The molecule has 0 aliphatic carbocycles. The van der Waals surface area contributed by atoms with Crippen LogP contribution in [0.1, 0.15) is 54.0 Å². The minimum Gasteiger partial charge on any atom is -0.373 e. The number of amides is 1. The molecule has 0 radical (unpaired) electrons. The molecule has 0 N–H and O–H groups in total. The zero-order chi connectivity index (χ0) is 22.0. The molecule has 2 aliphatic rings. The Morgan fingerprint density at radius 3 is 2.32 bits per heavy atom. The second-order valence-electron chi connectivity index (χ2n) is 9.57. The van der Waals surface area contributed by atoms with Crippen LogP contribution in [0.4, 0.5) is 0 Å². The van der Waals surface area contributed by atoms with Crippen LogP contribution >= 0.6 is 0 Å². The Bertz CT molecular complexity index is 874. The van der Waals surface area contributed by atoms with Crippen LogP contribution in [0.5, 0.6) is 0 Å². The van der Waals surface area contributed by atoms with Crippen LogP contribution < -0.4 is 0 Å². The van der Waals surface area contributed by atoms with Crippen LogP contribution in [-0.2, 0) is 11.3 Å². The predicted octanol–water partition coefficient (Wildman–Crippen LogP) is 4.11. The molecule has 2 unspecified atom stereocenters. The lowest BCUT2D eigenvalue weighted by Crippen LogP contribution is -2.48. The summed E-state index contributed by atoms with van der Waals surface area (Å²) < 4.78 is 8.13. The van der Waals surface area contributed by atoms with Gasteiger partial charge >= 0.3 is 0 Å². The lowest BCUT2D eigenvalue weighted by atomic mass is 9.95. The van der Waals surface area contributed by atoms with Crippen LogP contribution in [0.3, 0.4) is 0 Å². The minimum absolute atomic E-state index is 0.194. The SMILES string of the molecule is Cc1cc(C(=O)N2CCC(CN3CC(C)OC(C)C3)CC2)c(C)n1Cc1ccccc1. The van der Waals surface area contributed by atoms with E-state index < -0.39 is 0 Å². The molecular weight excluding hydrogens is 386 g/mol. The van der Waals surface area contributed by atoms with Crippen molar-refractivity contribution in [3.63, 3.8) is 0 Å². The van der Waals surface area contributed by atoms with Gasteiger partial charge in [-0.15, -0.1) is 0 Å². The number of hydrogen-bond acceptors (Lipinski definition) is 3. The highest BCUT2D eigenvalue weighted by Gasteiger charge is 2.29. The Labute approximate surface area is 187 Å². The summed E-state index contributed by atoms with van der Waals surface area (Å²) in [5.41, 5.74) is 4.35. The Kier molecular flexibility index (Phi) is 6.83. The monoisotopic (exact) mass is 423 g/mol. The molecule has 168 valence electrons. The van der Waals surface area contributed by atoms with E-state index in [9.17, 15) is 4.79 Å². The molecule has 0 spiro atoms. The van der Waals surface area contributed by atoms with Crippen molar-refractivity contribution in [2.24, 2.45) is 5.92 Å². The number of ether oxygens (including phenoxy) is 1. The highest BCUT2D eigenvalue weighted by molar-refractivity contribution is 5.95. The number of likely N-dealkylation sites (tertiary alicyclic amines) is 1. The third kappa shape index (κ3) is 5.21. The van der Waals surface area contributed by atoms with E-state index in [0.717, 1.165) is 69.1 Å². The predicted molar refractivity (Wildman–Crippen MR) is 125 cm³/mol. The van der Waals surface area contributed by atoms with Crippen LogP contribution in [0.2, 0.25) is 0 Å². The topological polar surface area (TPSA) is 37.7 Å². The van der Waals surface area contributed by atoms with Gasteiger partial charge in [0.1, 0.15) is 0 Å². The molecule has 5 nitrogen and oxygen atoms in total. The standard InChI is InChI=1S/C26H37N3O2/c1-19-14-25(22(4)29(19)18-23-8-6-5-7-9-23)26(30)28-12-10-24(11-13-28)17-27-15-20(2)31-21(3)16-27/h5-9,14,20-21,24H,10-13,15-18H2,1-4H3. The van der Waals surface area contributed by atoms with Crippen molar-refractivity contribution in [1.82, 2.24) is 14.4 Å². The highest BCUT2D eigenvalue weighted by Crippen LogP contribution is 2.24. The van der Waals surface area contributed by atoms with E-state index in [1.165, 1.54) is 5.56 Å². The van der Waals surface area contributed by atoms with Crippen molar-refractivity contribution < 1.29 is 9.53 Å². The summed E-state index contributed by atoms with van der Waals surface area (Å²) in [6.07, 6.45) is 2.82. The van der Waals surface area contributed by atoms with Gasteiger partial charge in [-0.1, -0.05) is 30.3 Å². The van der Waals surface area contributed by atoms with Crippen molar-refractivity contribution >= 4 is 5.91 Å². The fourth-order valence-corrected chi connectivity index (χ4v) is 5.31. The maximum absolute atomic E-state index is 13.3. The molecule has 4 rings (SSSR count). The van der Waals surface area contributed by atoms with E-state index in [4.69, 9.17) is 4.74 Å². The normalized spacial score (nSPS) is 23.3. The van der Waals surface area contributed by atoms with E-state index in [2.05, 4.69) is 72.4 Å². The third-order valence-corrected chi connectivity index (χ3v) is 6.90. The van der Waals surface area contributed by atoms with Crippen molar-refractivity contribution in [2.45, 2.75) is 59.3 Å². The molecule has 1 aromatic heterocycles. The molecule has 1 amide bonds. The number of morpholine rings is 1. The fourth-order valence-electron chi connectivity index (χ4n) is 5.31. The number of rotatable bonds is 5. The molecule has 5 heteroatoms. The number of benzene rings is 1. The van der Waals surface area contributed by atoms with Crippen LogP contribution in [0.15, 0.2) is 36.4 Å². The molecule has 1 aromatic carbocycles. The summed E-state index contributed by atoms with van der Waals surface area (Å²) in [6.45, 7) is 14.2. The van der Waals surface area contributed by atoms with Gasteiger partial charge in [-0.25, -0.2) is 0 Å². The van der Waals surface area contributed by atoms with Crippen LogP contribution in [0, 0.1) is 19.8 Å². The fraction of sp³-hybridized carbons (Fsp3) is 0.577. The number of aromatic nitrogens is 1. The Morgan fingerprint density at radius 2 is 1.68 bits per heavy atom. The van der Waals surface area contributed by atoms with Crippen LogP contribution in [0.25, 0.3) is 0 Å². The Morgan fingerprint density at radius 1 is 1.03 bits per heavy atom. The van der Waals surface area contributed by atoms with E-state index in [1.807, 2.05) is 6.07 Å². The van der Waals surface area contributed by atoms with Crippen molar-refractivity contribution in [2.75, 3.05) is 32.7 Å². The number of nitrogens with zero attached hydrogens (tertiary/aromatic N) is 3. The van der Waals surface area contributed by atoms with Crippen molar-refractivity contribution in [3.05, 3.63) is 58.9 Å². The number of aryl methyl sites for hydroxylation is 1. The van der Waals surface area contributed by atoms with E-state index in [-0.39, 0.29) is 5.91 Å². The van der Waals surface area contributed by atoms with Crippen molar-refractivity contribution in [1.29, 1.82) is 0 Å². The quantitative estimate of drug-likeness (QED) is 0.726. The highest BCUT2D eigenvalue weighted by atomic mass is 16.5. The van der Waals surface area contributed by atoms with Gasteiger partial charge in [0.05, 0.1) is 17.8 Å². The molecule has 2 aromatic rings. The average Bonchev–Trinajstić information content (AvgIpc) is 3.02. The summed E-state index contributed by atoms with van der Waals surface area (Å²) >= 11 is 0. The van der Waals surface area contributed by atoms with E-state index in [0.29, 0.717) is 18.1 Å². The van der Waals surface area contributed by atoms with Gasteiger partial charge < -0.3 is 14.2 Å². The second kappa shape index (κ2) is 9.58. The van der Waals surface area contributed by atoms with Gasteiger partial charge in [0, 0.05) is 50.7 Å². The molecule has 0 saturated carbocycles. The first-order chi connectivity index (χ1) is 14.9. The maximum Gasteiger partial charge on any atom is 0.255 e. The molecular formula is C26H37N3O2. The molecule has 2 aliphatic heterocycles. The summed E-state index contributed by atoms with van der Waals surface area (Å²) in [7, 11) is 0. The molecule has 0 bridgehead atoms. The third-order valence-electron chi connectivity index (χ3n) is 6.90. The number of carbonyl (C=O) groups is 1. The number of hydrogen-bond donors (Lipinski definition) is 0. The van der Waals surface area contributed by atoms with Gasteiger partial charge in [-0.05, 0) is 58.1 Å². The Balaban J connectivity index is 1.35. The van der Waals surface area contributed by atoms with Gasteiger partial charge in [-0.2, -0.15) is 0 Å². The first-order valence-electron chi connectivity index (χ1n) is 11.8. The van der Waals surface area contributed by atoms with Gasteiger partial charge in [0.25, 0.3) is 5.91 Å². The van der Waals surface area contributed by atoms with Gasteiger partial charge in [0.2, 0.25) is 0 Å². The number of piperidine rings is 1. The first-order valence-corrected chi connectivity index (χ1v) is 11.8. The van der Waals surface area contributed by atoms with Crippen molar-refractivity contribution in [3.8, 4) is 0 Å². The molecule has 3 heterocycles. The van der Waals surface area contributed by atoms with E-state index >= 15 is 0 Å². The van der Waals surface area contributed by atoms with Crippen LogP contribution in [-0.4, -0.2) is 65.2 Å². The average molecular weight is 424 g/mol. The second-order valence-corrected chi connectivity index (χ2v) is 9.57. The molecule has 2 saturated heterocycles.